The van der Waals surface area contributed by atoms with Crippen molar-refractivity contribution in [2.45, 2.75) is 50.9 Å². The van der Waals surface area contributed by atoms with Crippen LogP contribution in [0.4, 0.5) is 5.82 Å². The van der Waals surface area contributed by atoms with Crippen molar-refractivity contribution >= 4 is 5.82 Å². The first kappa shape index (κ1) is 13.2. The molecular formula is C16H21N3O. The Labute approximate surface area is 119 Å². The summed E-state index contributed by atoms with van der Waals surface area (Å²) < 4.78 is 5.59. The van der Waals surface area contributed by atoms with Crippen LogP contribution in [-0.4, -0.2) is 10.1 Å². The molecule has 0 radical (unpaired) electrons. The molecule has 2 heterocycles. The fourth-order valence-corrected chi connectivity index (χ4v) is 3.12. The smallest absolute Gasteiger partial charge is 0.175 e. The van der Waals surface area contributed by atoms with Crippen molar-refractivity contribution in [3.05, 3.63) is 30.3 Å². The molecule has 1 aliphatic carbocycles. The van der Waals surface area contributed by atoms with Crippen LogP contribution in [0, 0.1) is 0 Å². The minimum absolute atomic E-state index is 0.447. The largest absolute Gasteiger partial charge is 0.380 e. The van der Waals surface area contributed by atoms with E-state index >= 15 is 0 Å². The molecule has 0 amide bonds. The Morgan fingerprint density at radius 2 is 1.65 bits per heavy atom. The molecule has 20 heavy (non-hydrogen) atoms. The number of anilines is 1. The van der Waals surface area contributed by atoms with Crippen LogP contribution >= 0.6 is 0 Å². The van der Waals surface area contributed by atoms with E-state index in [1.54, 1.807) is 12.4 Å². The monoisotopic (exact) mass is 271 g/mol. The summed E-state index contributed by atoms with van der Waals surface area (Å²) in [4.78, 5) is 4.06. The van der Waals surface area contributed by atoms with E-state index in [-0.39, 0.29) is 0 Å². The highest BCUT2D eigenvalue weighted by Crippen LogP contribution is 2.39. The van der Waals surface area contributed by atoms with Gasteiger partial charge in [0.15, 0.2) is 5.82 Å². The van der Waals surface area contributed by atoms with Crippen molar-refractivity contribution in [3.63, 3.8) is 0 Å². The van der Waals surface area contributed by atoms with Gasteiger partial charge in [-0.05, 0) is 30.5 Å². The zero-order valence-electron chi connectivity index (χ0n) is 11.7. The first-order chi connectivity index (χ1) is 9.86. The zero-order chi connectivity index (χ0) is 13.8. The summed E-state index contributed by atoms with van der Waals surface area (Å²) in [7, 11) is 0. The molecule has 0 atom stereocenters. The number of nitrogen functional groups attached to an aromatic ring is 1. The van der Waals surface area contributed by atoms with Gasteiger partial charge >= 0.3 is 0 Å². The lowest BCUT2D eigenvalue weighted by Gasteiger charge is -2.18. The number of nitrogens with zero attached hydrogens (tertiary/aromatic N) is 2. The van der Waals surface area contributed by atoms with Crippen molar-refractivity contribution in [2.24, 2.45) is 0 Å². The zero-order valence-corrected chi connectivity index (χ0v) is 11.7. The predicted molar refractivity (Wildman–Crippen MR) is 79.2 cm³/mol. The number of rotatable bonds is 2. The van der Waals surface area contributed by atoms with Crippen LogP contribution in [0.3, 0.4) is 0 Å². The van der Waals surface area contributed by atoms with E-state index < -0.39 is 0 Å². The maximum Gasteiger partial charge on any atom is 0.175 e. The van der Waals surface area contributed by atoms with Gasteiger partial charge in [0.25, 0.3) is 0 Å². The summed E-state index contributed by atoms with van der Waals surface area (Å²) in [6, 6.07) is 3.94. The lowest BCUT2D eigenvalue weighted by molar-refractivity contribution is 0.332. The molecule has 1 fully saturated rings. The third-order valence-corrected chi connectivity index (χ3v) is 4.19. The third kappa shape index (κ3) is 2.69. The second-order valence-electron chi connectivity index (χ2n) is 5.58. The quantitative estimate of drug-likeness (QED) is 0.891. The minimum atomic E-state index is 0.447. The molecule has 0 unspecified atom stereocenters. The summed E-state index contributed by atoms with van der Waals surface area (Å²) in [6.45, 7) is 0. The van der Waals surface area contributed by atoms with Crippen molar-refractivity contribution in [2.75, 3.05) is 5.73 Å². The Morgan fingerprint density at radius 3 is 2.35 bits per heavy atom. The second-order valence-corrected chi connectivity index (χ2v) is 5.58. The van der Waals surface area contributed by atoms with Crippen LogP contribution < -0.4 is 5.73 Å². The van der Waals surface area contributed by atoms with Gasteiger partial charge in [-0.3, -0.25) is 4.98 Å². The van der Waals surface area contributed by atoms with Gasteiger partial charge in [0.2, 0.25) is 0 Å². The van der Waals surface area contributed by atoms with E-state index in [9.17, 15) is 0 Å². The van der Waals surface area contributed by atoms with Crippen molar-refractivity contribution in [1.82, 2.24) is 10.1 Å². The van der Waals surface area contributed by atoms with Gasteiger partial charge in [0.05, 0.1) is 5.56 Å². The Bertz CT molecular complexity index is 542. The number of hydrogen-bond acceptors (Lipinski definition) is 4. The SMILES string of the molecule is Nc1noc(C2CCCCCCC2)c1-c1ccncc1. The number of pyridine rings is 1. The van der Waals surface area contributed by atoms with E-state index in [1.165, 1.54) is 44.9 Å². The maximum absolute atomic E-state index is 6.02. The molecule has 0 saturated heterocycles. The maximum atomic E-state index is 6.02. The number of hydrogen-bond donors (Lipinski definition) is 1. The predicted octanol–water partition coefficient (Wildman–Crippen LogP) is 4.15. The standard InChI is InChI=1S/C16H21N3O/c17-16-14(12-8-10-18-11-9-12)15(20-19-16)13-6-4-2-1-3-5-7-13/h8-11,13H,1-7H2,(H2,17,19). The Morgan fingerprint density at radius 1 is 1.00 bits per heavy atom. The minimum Gasteiger partial charge on any atom is -0.380 e. The van der Waals surface area contributed by atoms with E-state index in [0.717, 1.165) is 16.9 Å². The highest BCUT2D eigenvalue weighted by molar-refractivity contribution is 5.75. The third-order valence-electron chi connectivity index (χ3n) is 4.19. The summed E-state index contributed by atoms with van der Waals surface area (Å²) in [5, 5.41) is 4.00. The summed E-state index contributed by atoms with van der Waals surface area (Å²) in [6.07, 6.45) is 12.5. The molecule has 2 aromatic heterocycles. The van der Waals surface area contributed by atoms with Gasteiger partial charge in [-0.25, -0.2) is 0 Å². The molecule has 106 valence electrons. The van der Waals surface area contributed by atoms with Gasteiger partial charge < -0.3 is 10.3 Å². The van der Waals surface area contributed by atoms with E-state index in [1.807, 2.05) is 12.1 Å². The fraction of sp³-hybridized carbons (Fsp3) is 0.500. The topological polar surface area (TPSA) is 64.9 Å². The Kier molecular flexibility index (Phi) is 4.00. The Balaban J connectivity index is 1.93. The molecule has 2 N–H and O–H groups in total. The first-order valence-electron chi connectivity index (χ1n) is 7.51. The second kappa shape index (κ2) is 6.07. The molecule has 0 aromatic carbocycles. The molecule has 0 bridgehead atoms. The van der Waals surface area contributed by atoms with Crippen molar-refractivity contribution < 1.29 is 4.52 Å². The van der Waals surface area contributed by atoms with Crippen LogP contribution in [-0.2, 0) is 0 Å². The molecule has 0 spiro atoms. The molecule has 1 aliphatic rings. The number of aromatic nitrogens is 2. The first-order valence-corrected chi connectivity index (χ1v) is 7.51. The van der Waals surface area contributed by atoms with Gasteiger partial charge in [-0.1, -0.05) is 37.3 Å². The van der Waals surface area contributed by atoms with Crippen LogP contribution in [0.25, 0.3) is 11.1 Å². The Hall–Kier alpha value is -1.84. The summed E-state index contributed by atoms with van der Waals surface area (Å²) in [5.74, 6) is 1.91. The normalized spacial score (nSPS) is 17.6. The van der Waals surface area contributed by atoms with Crippen molar-refractivity contribution in [3.8, 4) is 11.1 Å². The molecule has 1 saturated carbocycles. The van der Waals surface area contributed by atoms with Gasteiger partial charge in [0, 0.05) is 18.3 Å². The van der Waals surface area contributed by atoms with Crippen LogP contribution in [0.15, 0.2) is 29.0 Å². The van der Waals surface area contributed by atoms with Gasteiger partial charge in [-0.2, -0.15) is 0 Å². The average Bonchev–Trinajstić information content (AvgIpc) is 2.81. The van der Waals surface area contributed by atoms with E-state index in [4.69, 9.17) is 10.3 Å². The molecule has 4 heteroatoms. The van der Waals surface area contributed by atoms with Crippen LogP contribution in [0.5, 0.6) is 0 Å². The molecule has 4 nitrogen and oxygen atoms in total. The summed E-state index contributed by atoms with van der Waals surface area (Å²) >= 11 is 0. The van der Waals surface area contributed by atoms with E-state index in [0.29, 0.717) is 11.7 Å². The molecule has 3 rings (SSSR count). The molecule has 0 aliphatic heterocycles. The average molecular weight is 271 g/mol. The summed E-state index contributed by atoms with van der Waals surface area (Å²) in [5.41, 5.74) is 8.05. The fourth-order valence-electron chi connectivity index (χ4n) is 3.12. The highest BCUT2D eigenvalue weighted by atomic mass is 16.5. The number of nitrogens with two attached hydrogens (primary N) is 1. The van der Waals surface area contributed by atoms with Crippen molar-refractivity contribution in [1.29, 1.82) is 0 Å². The molecule has 2 aromatic rings. The van der Waals surface area contributed by atoms with Gasteiger partial charge in [0.1, 0.15) is 5.76 Å². The van der Waals surface area contributed by atoms with Gasteiger partial charge in [-0.15, -0.1) is 0 Å². The van der Waals surface area contributed by atoms with E-state index in [2.05, 4.69) is 10.1 Å². The van der Waals surface area contributed by atoms with Crippen LogP contribution in [0.2, 0.25) is 0 Å². The van der Waals surface area contributed by atoms with Crippen LogP contribution in [0.1, 0.15) is 56.6 Å². The lowest BCUT2D eigenvalue weighted by atomic mass is 9.87. The highest BCUT2D eigenvalue weighted by Gasteiger charge is 2.24. The lowest BCUT2D eigenvalue weighted by Crippen LogP contribution is -2.03. The molecular weight excluding hydrogens is 250 g/mol.